The van der Waals surface area contributed by atoms with Crippen LogP contribution in [0, 0.1) is 6.92 Å². The van der Waals surface area contributed by atoms with Gasteiger partial charge in [0.1, 0.15) is 4.88 Å². The zero-order chi connectivity index (χ0) is 15.1. The minimum atomic E-state index is -0.468. The molecule has 1 aliphatic rings. The van der Waals surface area contributed by atoms with E-state index in [1.54, 1.807) is 13.0 Å². The van der Waals surface area contributed by atoms with E-state index in [-0.39, 0.29) is 11.5 Å². The third-order valence-electron chi connectivity index (χ3n) is 3.01. The average Bonchev–Trinajstić information content (AvgIpc) is 2.90. The number of fused-ring (bicyclic) bond motifs is 1. The molecule has 1 aromatic heterocycles. The van der Waals surface area contributed by atoms with Gasteiger partial charge in [-0.25, -0.2) is 4.98 Å². The van der Waals surface area contributed by atoms with Gasteiger partial charge in [0.05, 0.1) is 16.8 Å². The molecule has 0 radical (unpaired) electrons. The number of aryl methyl sites for hydroxylation is 1. The molecule has 7 nitrogen and oxygen atoms in total. The van der Waals surface area contributed by atoms with Gasteiger partial charge >= 0.3 is 0 Å². The number of nitrogen functional groups attached to an aromatic ring is 1. The SMILES string of the molecule is Cc1nc(N)sc1C(=O)Nc1ccc2c(c1)C(=O)NC2=O. The van der Waals surface area contributed by atoms with Crippen molar-refractivity contribution >= 4 is 39.9 Å². The van der Waals surface area contributed by atoms with Crippen LogP contribution in [0.1, 0.15) is 36.1 Å². The smallest absolute Gasteiger partial charge is 0.267 e. The van der Waals surface area contributed by atoms with Crippen LogP contribution in [0.5, 0.6) is 0 Å². The van der Waals surface area contributed by atoms with Gasteiger partial charge in [0.25, 0.3) is 17.7 Å². The summed E-state index contributed by atoms with van der Waals surface area (Å²) >= 11 is 1.09. The fraction of sp³-hybridized carbons (Fsp3) is 0.0769. The number of carbonyl (C=O) groups excluding carboxylic acids is 3. The third kappa shape index (κ3) is 2.25. The highest BCUT2D eigenvalue weighted by molar-refractivity contribution is 7.17. The Hall–Kier alpha value is -2.74. The minimum absolute atomic E-state index is 0.248. The molecule has 0 atom stereocenters. The van der Waals surface area contributed by atoms with Crippen LogP contribution in [0.15, 0.2) is 18.2 Å². The molecule has 0 saturated carbocycles. The van der Waals surface area contributed by atoms with E-state index < -0.39 is 11.8 Å². The van der Waals surface area contributed by atoms with Gasteiger partial charge in [0, 0.05) is 5.69 Å². The van der Waals surface area contributed by atoms with Gasteiger partial charge in [0.2, 0.25) is 0 Å². The Morgan fingerprint density at radius 1 is 1.29 bits per heavy atom. The lowest BCUT2D eigenvalue weighted by Gasteiger charge is -2.05. The van der Waals surface area contributed by atoms with Crippen molar-refractivity contribution in [3.8, 4) is 0 Å². The molecule has 8 heteroatoms. The molecule has 3 rings (SSSR count). The van der Waals surface area contributed by atoms with Crippen molar-refractivity contribution in [1.29, 1.82) is 0 Å². The Labute approximate surface area is 123 Å². The van der Waals surface area contributed by atoms with Crippen molar-refractivity contribution in [3.63, 3.8) is 0 Å². The summed E-state index contributed by atoms with van der Waals surface area (Å²) in [6.45, 7) is 1.69. The first-order chi connectivity index (χ1) is 9.95. The zero-order valence-electron chi connectivity index (χ0n) is 10.9. The van der Waals surface area contributed by atoms with Gasteiger partial charge < -0.3 is 11.1 Å². The molecule has 21 heavy (non-hydrogen) atoms. The van der Waals surface area contributed by atoms with Gasteiger partial charge in [-0.15, -0.1) is 0 Å². The molecule has 0 spiro atoms. The fourth-order valence-corrected chi connectivity index (χ4v) is 2.79. The third-order valence-corrected chi connectivity index (χ3v) is 4.00. The number of nitrogens with two attached hydrogens (primary N) is 1. The number of imide groups is 1. The first-order valence-electron chi connectivity index (χ1n) is 5.99. The molecule has 0 fully saturated rings. The van der Waals surface area contributed by atoms with Gasteiger partial charge in [-0.1, -0.05) is 11.3 Å². The predicted molar refractivity (Wildman–Crippen MR) is 77.5 cm³/mol. The van der Waals surface area contributed by atoms with E-state index in [2.05, 4.69) is 15.6 Å². The molecule has 0 unspecified atom stereocenters. The van der Waals surface area contributed by atoms with E-state index >= 15 is 0 Å². The van der Waals surface area contributed by atoms with Crippen molar-refractivity contribution in [2.45, 2.75) is 6.92 Å². The van der Waals surface area contributed by atoms with Gasteiger partial charge in [-0.2, -0.15) is 0 Å². The summed E-state index contributed by atoms with van der Waals surface area (Å²) in [6.07, 6.45) is 0. The standard InChI is InChI=1S/C13H10N4O3S/c1-5-9(21-13(14)15-5)12(20)16-6-2-3-7-8(4-6)11(19)17-10(7)18/h2-4H,1H3,(H2,14,15)(H,16,20)(H,17,18,19). The van der Waals surface area contributed by atoms with Gasteiger partial charge in [-0.3, -0.25) is 19.7 Å². The maximum atomic E-state index is 12.1. The molecule has 0 aliphatic carbocycles. The summed E-state index contributed by atoms with van der Waals surface area (Å²) in [6, 6.07) is 4.53. The second-order valence-electron chi connectivity index (χ2n) is 4.46. The molecule has 2 heterocycles. The molecule has 1 aliphatic heterocycles. The van der Waals surface area contributed by atoms with Crippen LogP contribution in [0.2, 0.25) is 0 Å². The van der Waals surface area contributed by atoms with E-state index in [9.17, 15) is 14.4 Å². The number of thiazole rings is 1. The highest BCUT2D eigenvalue weighted by Crippen LogP contribution is 2.23. The summed E-state index contributed by atoms with van der Waals surface area (Å²) < 4.78 is 0. The van der Waals surface area contributed by atoms with E-state index in [0.717, 1.165) is 11.3 Å². The summed E-state index contributed by atoms with van der Waals surface area (Å²) in [7, 11) is 0. The number of nitrogens with one attached hydrogen (secondary N) is 2. The zero-order valence-corrected chi connectivity index (χ0v) is 11.7. The Balaban J connectivity index is 1.88. The number of aromatic nitrogens is 1. The number of benzene rings is 1. The fourth-order valence-electron chi connectivity index (χ4n) is 2.06. The molecule has 4 N–H and O–H groups in total. The predicted octanol–water partition coefficient (Wildman–Crippen LogP) is 1.17. The Bertz CT molecular complexity index is 797. The van der Waals surface area contributed by atoms with Crippen LogP contribution >= 0.6 is 11.3 Å². The molecule has 106 valence electrons. The molecule has 2 aromatic rings. The second kappa shape index (κ2) is 4.67. The molecule has 0 saturated heterocycles. The van der Waals surface area contributed by atoms with Crippen molar-refractivity contribution in [2.24, 2.45) is 0 Å². The first-order valence-corrected chi connectivity index (χ1v) is 6.81. The van der Waals surface area contributed by atoms with Crippen LogP contribution in [0.4, 0.5) is 10.8 Å². The van der Waals surface area contributed by atoms with Crippen molar-refractivity contribution < 1.29 is 14.4 Å². The van der Waals surface area contributed by atoms with Crippen molar-refractivity contribution in [3.05, 3.63) is 39.9 Å². The number of hydrogen-bond donors (Lipinski definition) is 3. The van der Waals surface area contributed by atoms with Crippen molar-refractivity contribution in [1.82, 2.24) is 10.3 Å². The Morgan fingerprint density at radius 3 is 2.67 bits per heavy atom. The lowest BCUT2D eigenvalue weighted by Crippen LogP contribution is -2.19. The number of nitrogens with zero attached hydrogens (tertiary/aromatic N) is 1. The molecule has 0 bridgehead atoms. The normalized spacial score (nSPS) is 13.0. The summed E-state index contributed by atoms with van der Waals surface area (Å²) in [4.78, 5) is 39.5. The second-order valence-corrected chi connectivity index (χ2v) is 5.50. The van der Waals surface area contributed by atoms with E-state index in [4.69, 9.17) is 5.73 Å². The number of carbonyl (C=O) groups is 3. The Kier molecular flexibility index (Phi) is 2.95. The number of rotatable bonds is 2. The summed E-state index contributed by atoms with van der Waals surface area (Å²) in [5.41, 5.74) is 7.08. The molecular formula is C13H10N4O3S. The highest BCUT2D eigenvalue weighted by atomic mass is 32.1. The number of amides is 3. The lowest BCUT2D eigenvalue weighted by atomic mass is 10.1. The van der Waals surface area contributed by atoms with Crippen LogP contribution in [-0.2, 0) is 0 Å². The molecule has 3 amide bonds. The van der Waals surface area contributed by atoms with E-state index in [0.29, 0.717) is 27.0 Å². The van der Waals surface area contributed by atoms with Crippen LogP contribution < -0.4 is 16.4 Å². The maximum absolute atomic E-state index is 12.1. The number of hydrogen-bond acceptors (Lipinski definition) is 6. The van der Waals surface area contributed by atoms with Crippen LogP contribution in [0.3, 0.4) is 0 Å². The first kappa shape index (κ1) is 13.3. The largest absolute Gasteiger partial charge is 0.375 e. The summed E-state index contributed by atoms with van der Waals surface area (Å²) in [5, 5.41) is 5.17. The van der Waals surface area contributed by atoms with E-state index in [1.165, 1.54) is 12.1 Å². The minimum Gasteiger partial charge on any atom is -0.375 e. The van der Waals surface area contributed by atoms with E-state index in [1.807, 2.05) is 0 Å². The highest BCUT2D eigenvalue weighted by Gasteiger charge is 2.27. The van der Waals surface area contributed by atoms with Gasteiger partial charge in [0.15, 0.2) is 5.13 Å². The van der Waals surface area contributed by atoms with Gasteiger partial charge in [-0.05, 0) is 25.1 Å². The molecule has 1 aromatic carbocycles. The average molecular weight is 302 g/mol. The van der Waals surface area contributed by atoms with Crippen LogP contribution in [-0.4, -0.2) is 22.7 Å². The lowest BCUT2D eigenvalue weighted by molar-refractivity contribution is 0.0878. The Morgan fingerprint density at radius 2 is 2.00 bits per heavy atom. The number of anilines is 2. The topological polar surface area (TPSA) is 114 Å². The van der Waals surface area contributed by atoms with Crippen LogP contribution in [0.25, 0.3) is 0 Å². The monoisotopic (exact) mass is 302 g/mol. The molecular weight excluding hydrogens is 292 g/mol. The quantitative estimate of drug-likeness (QED) is 0.720. The van der Waals surface area contributed by atoms with Crippen molar-refractivity contribution in [2.75, 3.05) is 11.1 Å². The maximum Gasteiger partial charge on any atom is 0.267 e. The summed E-state index contributed by atoms with van der Waals surface area (Å²) in [5.74, 6) is -1.25.